The molecule has 1 atom stereocenters. The molecule has 1 saturated heterocycles. The van der Waals surface area contributed by atoms with Crippen LogP contribution in [0.3, 0.4) is 0 Å². The van der Waals surface area contributed by atoms with Crippen molar-refractivity contribution in [2.75, 3.05) is 18.0 Å². The molecule has 0 spiro atoms. The van der Waals surface area contributed by atoms with Gasteiger partial charge in [0, 0.05) is 19.3 Å². The van der Waals surface area contributed by atoms with Gasteiger partial charge in [0.1, 0.15) is 11.9 Å². The Hall–Kier alpha value is -1.62. The summed E-state index contributed by atoms with van der Waals surface area (Å²) in [6, 6.07) is 3.85. The highest BCUT2D eigenvalue weighted by Gasteiger charge is 2.27. The van der Waals surface area contributed by atoms with Crippen molar-refractivity contribution in [1.29, 1.82) is 0 Å². The van der Waals surface area contributed by atoms with Gasteiger partial charge in [-0.25, -0.2) is 4.98 Å². The SMILES string of the molecule is CC(C)CNCc1ccc(N2CCCCC2C(N)=O)nc1. The first-order valence-electron chi connectivity index (χ1n) is 7.79. The van der Waals surface area contributed by atoms with E-state index in [2.05, 4.69) is 30.2 Å². The lowest BCUT2D eigenvalue weighted by Crippen LogP contribution is -2.48. The molecule has 1 aliphatic rings. The zero-order valence-electron chi connectivity index (χ0n) is 13.0. The summed E-state index contributed by atoms with van der Waals surface area (Å²) in [7, 11) is 0. The molecule has 5 nitrogen and oxygen atoms in total. The molecule has 1 aromatic rings. The Morgan fingerprint density at radius 3 is 2.90 bits per heavy atom. The number of carbonyl (C=O) groups is 1. The lowest BCUT2D eigenvalue weighted by atomic mass is 10.0. The number of piperidine rings is 1. The van der Waals surface area contributed by atoms with Crippen LogP contribution in [0.5, 0.6) is 0 Å². The molecule has 2 rings (SSSR count). The predicted octanol–water partition coefficient (Wildman–Crippen LogP) is 1.67. The highest BCUT2D eigenvalue weighted by Crippen LogP contribution is 2.23. The molecule has 1 amide bonds. The molecule has 1 aliphatic heterocycles. The van der Waals surface area contributed by atoms with E-state index in [4.69, 9.17) is 5.73 Å². The number of pyridine rings is 1. The fourth-order valence-electron chi connectivity index (χ4n) is 2.70. The number of hydrogen-bond donors (Lipinski definition) is 2. The van der Waals surface area contributed by atoms with Crippen LogP contribution in [0.4, 0.5) is 5.82 Å². The Morgan fingerprint density at radius 1 is 1.48 bits per heavy atom. The van der Waals surface area contributed by atoms with Crippen LogP contribution in [-0.2, 0) is 11.3 Å². The minimum absolute atomic E-state index is 0.212. The lowest BCUT2D eigenvalue weighted by molar-refractivity contribution is -0.119. The van der Waals surface area contributed by atoms with Gasteiger partial charge in [0.15, 0.2) is 0 Å². The number of rotatable bonds is 6. The van der Waals surface area contributed by atoms with Crippen molar-refractivity contribution in [3.8, 4) is 0 Å². The van der Waals surface area contributed by atoms with Gasteiger partial charge in [-0.05, 0) is 43.4 Å². The Bertz CT molecular complexity index is 458. The van der Waals surface area contributed by atoms with Gasteiger partial charge >= 0.3 is 0 Å². The highest BCUT2D eigenvalue weighted by atomic mass is 16.1. The highest BCUT2D eigenvalue weighted by molar-refractivity contribution is 5.83. The second-order valence-electron chi connectivity index (χ2n) is 6.16. The maximum atomic E-state index is 11.6. The summed E-state index contributed by atoms with van der Waals surface area (Å²) < 4.78 is 0. The Kier molecular flexibility index (Phi) is 5.56. The first kappa shape index (κ1) is 15.8. The molecular weight excluding hydrogens is 264 g/mol. The Morgan fingerprint density at radius 2 is 2.29 bits per heavy atom. The smallest absolute Gasteiger partial charge is 0.240 e. The van der Waals surface area contributed by atoms with Crippen molar-refractivity contribution >= 4 is 11.7 Å². The van der Waals surface area contributed by atoms with Crippen molar-refractivity contribution in [1.82, 2.24) is 10.3 Å². The van der Waals surface area contributed by atoms with Gasteiger partial charge in [-0.15, -0.1) is 0 Å². The average Bonchev–Trinajstić information content (AvgIpc) is 2.47. The molecule has 1 unspecified atom stereocenters. The van der Waals surface area contributed by atoms with E-state index in [0.717, 1.165) is 50.3 Å². The van der Waals surface area contributed by atoms with E-state index in [1.807, 2.05) is 17.2 Å². The van der Waals surface area contributed by atoms with Crippen molar-refractivity contribution < 1.29 is 4.79 Å². The van der Waals surface area contributed by atoms with Crippen molar-refractivity contribution in [3.05, 3.63) is 23.9 Å². The maximum absolute atomic E-state index is 11.6. The van der Waals surface area contributed by atoms with Crippen LogP contribution in [-0.4, -0.2) is 30.0 Å². The third-order valence-electron chi connectivity index (χ3n) is 3.82. The summed E-state index contributed by atoms with van der Waals surface area (Å²) in [5.41, 5.74) is 6.66. The minimum atomic E-state index is -0.251. The van der Waals surface area contributed by atoms with Gasteiger partial charge in [0.25, 0.3) is 0 Å². The number of aromatic nitrogens is 1. The summed E-state index contributed by atoms with van der Waals surface area (Å²) in [4.78, 5) is 18.1. The monoisotopic (exact) mass is 290 g/mol. The van der Waals surface area contributed by atoms with Crippen LogP contribution >= 0.6 is 0 Å². The van der Waals surface area contributed by atoms with Crippen molar-refractivity contribution in [3.63, 3.8) is 0 Å². The van der Waals surface area contributed by atoms with Crippen LogP contribution in [0.1, 0.15) is 38.7 Å². The molecule has 2 heterocycles. The standard InChI is InChI=1S/C16H26N4O/c1-12(2)9-18-10-13-6-7-15(19-11-13)20-8-4-3-5-14(20)16(17)21/h6-7,11-12,14,18H,3-5,8-10H2,1-2H3,(H2,17,21). The van der Waals surface area contributed by atoms with E-state index >= 15 is 0 Å². The normalized spacial score (nSPS) is 19.0. The van der Waals surface area contributed by atoms with E-state index < -0.39 is 0 Å². The molecule has 1 fully saturated rings. The van der Waals surface area contributed by atoms with Gasteiger partial charge in [-0.2, -0.15) is 0 Å². The first-order valence-corrected chi connectivity index (χ1v) is 7.79. The third-order valence-corrected chi connectivity index (χ3v) is 3.82. The van der Waals surface area contributed by atoms with E-state index in [0.29, 0.717) is 5.92 Å². The number of hydrogen-bond acceptors (Lipinski definition) is 4. The second-order valence-corrected chi connectivity index (χ2v) is 6.16. The molecule has 0 radical (unpaired) electrons. The number of anilines is 1. The van der Waals surface area contributed by atoms with Crippen LogP contribution in [0, 0.1) is 5.92 Å². The van der Waals surface area contributed by atoms with Gasteiger partial charge in [-0.3, -0.25) is 4.79 Å². The summed E-state index contributed by atoms with van der Waals surface area (Å²) in [5.74, 6) is 1.24. The van der Waals surface area contributed by atoms with Gasteiger partial charge in [-0.1, -0.05) is 19.9 Å². The topological polar surface area (TPSA) is 71.2 Å². The number of primary amides is 1. The van der Waals surface area contributed by atoms with E-state index in [9.17, 15) is 4.79 Å². The number of nitrogens with zero attached hydrogens (tertiary/aromatic N) is 2. The molecule has 0 bridgehead atoms. The molecule has 0 saturated carbocycles. The number of carbonyl (C=O) groups excluding carboxylic acids is 1. The largest absolute Gasteiger partial charge is 0.368 e. The number of nitrogens with two attached hydrogens (primary N) is 1. The summed E-state index contributed by atoms with van der Waals surface area (Å²) in [6.45, 7) is 7.05. The van der Waals surface area contributed by atoms with Crippen LogP contribution < -0.4 is 16.0 Å². The molecule has 5 heteroatoms. The second kappa shape index (κ2) is 7.41. The fourth-order valence-corrected chi connectivity index (χ4v) is 2.70. The van der Waals surface area contributed by atoms with Crippen molar-refractivity contribution in [2.45, 2.75) is 45.7 Å². The van der Waals surface area contributed by atoms with E-state index in [1.165, 1.54) is 0 Å². The first-order chi connectivity index (χ1) is 10.1. The molecular formula is C16H26N4O. The Labute approximate surface area is 126 Å². The zero-order chi connectivity index (χ0) is 15.2. The fraction of sp³-hybridized carbons (Fsp3) is 0.625. The van der Waals surface area contributed by atoms with E-state index in [-0.39, 0.29) is 11.9 Å². The lowest BCUT2D eigenvalue weighted by Gasteiger charge is -2.34. The van der Waals surface area contributed by atoms with Crippen LogP contribution in [0.2, 0.25) is 0 Å². The quantitative estimate of drug-likeness (QED) is 0.836. The molecule has 1 aromatic heterocycles. The number of amides is 1. The van der Waals surface area contributed by atoms with Gasteiger partial charge in [0.05, 0.1) is 0 Å². The zero-order valence-corrected chi connectivity index (χ0v) is 13.0. The molecule has 21 heavy (non-hydrogen) atoms. The summed E-state index contributed by atoms with van der Waals surface area (Å²) >= 11 is 0. The van der Waals surface area contributed by atoms with Crippen LogP contribution in [0.15, 0.2) is 18.3 Å². The van der Waals surface area contributed by atoms with E-state index in [1.54, 1.807) is 0 Å². The molecule has 116 valence electrons. The molecule has 3 N–H and O–H groups in total. The average molecular weight is 290 g/mol. The summed E-state index contributed by atoms with van der Waals surface area (Å²) in [5, 5.41) is 3.40. The van der Waals surface area contributed by atoms with Crippen molar-refractivity contribution in [2.24, 2.45) is 11.7 Å². The molecule has 0 aliphatic carbocycles. The van der Waals surface area contributed by atoms with Crippen LogP contribution in [0.25, 0.3) is 0 Å². The molecule has 0 aromatic carbocycles. The van der Waals surface area contributed by atoms with Gasteiger partial charge < -0.3 is 16.0 Å². The number of nitrogens with one attached hydrogen (secondary N) is 1. The third kappa shape index (κ3) is 4.43. The predicted molar refractivity (Wildman–Crippen MR) is 85.0 cm³/mol. The summed E-state index contributed by atoms with van der Waals surface area (Å²) in [6.07, 6.45) is 4.86. The minimum Gasteiger partial charge on any atom is -0.368 e. The Balaban J connectivity index is 1.98. The maximum Gasteiger partial charge on any atom is 0.240 e. The van der Waals surface area contributed by atoms with Gasteiger partial charge in [0.2, 0.25) is 5.91 Å².